The highest BCUT2D eigenvalue weighted by Gasteiger charge is 2.35. The van der Waals surface area contributed by atoms with E-state index in [1.807, 2.05) is 30.3 Å². The Bertz CT molecular complexity index is 909. The van der Waals surface area contributed by atoms with E-state index >= 15 is 0 Å². The van der Waals surface area contributed by atoms with Crippen molar-refractivity contribution in [3.05, 3.63) is 71.3 Å². The molecule has 1 heterocycles. The molecular weight excluding hydrogens is 390 g/mol. The van der Waals surface area contributed by atoms with Gasteiger partial charge >= 0.3 is 0 Å². The molecule has 0 aliphatic carbocycles. The summed E-state index contributed by atoms with van der Waals surface area (Å²) in [7, 11) is 0. The maximum absolute atomic E-state index is 13.2. The van der Waals surface area contributed by atoms with E-state index in [-0.39, 0.29) is 30.3 Å². The number of nitrogens with one attached hydrogen (secondary N) is 2. The number of carbonyl (C=O) groups excluding carboxylic acids is 3. The first-order valence-corrected chi connectivity index (χ1v) is 10.9. The topological polar surface area (TPSA) is 78.5 Å². The molecule has 3 rings (SSSR count). The van der Waals surface area contributed by atoms with Crippen LogP contribution in [0.25, 0.3) is 0 Å². The first-order chi connectivity index (χ1) is 14.9. The number of hydrogen-bond acceptors (Lipinski definition) is 3. The number of hydrogen-bond donors (Lipinski definition) is 2. The van der Waals surface area contributed by atoms with E-state index in [0.29, 0.717) is 18.9 Å². The first kappa shape index (κ1) is 22.5. The van der Waals surface area contributed by atoms with E-state index in [1.54, 1.807) is 4.90 Å². The predicted octanol–water partition coefficient (Wildman–Crippen LogP) is 3.14. The summed E-state index contributed by atoms with van der Waals surface area (Å²) >= 11 is 0. The molecule has 0 spiro atoms. The zero-order chi connectivity index (χ0) is 22.4. The lowest BCUT2D eigenvalue weighted by molar-refractivity contribution is -0.138. The molecule has 31 heavy (non-hydrogen) atoms. The van der Waals surface area contributed by atoms with Gasteiger partial charge in [0, 0.05) is 13.5 Å². The third-order valence-corrected chi connectivity index (χ3v) is 5.72. The quantitative estimate of drug-likeness (QED) is 0.721. The van der Waals surface area contributed by atoms with E-state index in [9.17, 15) is 14.4 Å². The van der Waals surface area contributed by atoms with Gasteiger partial charge in [-0.3, -0.25) is 14.4 Å². The Morgan fingerprint density at radius 2 is 1.58 bits per heavy atom. The lowest BCUT2D eigenvalue weighted by atomic mass is 9.95. The van der Waals surface area contributed by atoms with Crippen molar-refractivity contribution in [1.29, 1.82) is 0 Å². The zero-order valence-corrected chi connectivity index (χ0v) is 18.4. The number of amides is 3. The summed E-state index contributed by atoms with van der Waals surface area (Å²) in [5.41, 5.74) is 3.23. The van der Waals surface area contributed by atoms with Gasteiger partial charge in [0.05, 0.1) is 12.6 Å². The molecule has 1 aliphatic rings. The minimum Gasteiger partial charge on any atom is -0.347 e. The molecule has 0 saturated carbocycles. The van der Waals surface area contributed by atoms with Crippen LogP contribution in [-0.2, 0) is 14.4 Å². The SMILES string of the molecule is CC(=O)NCC(=O)N1CCC[C@H]1C(=O)N[C@@H](c1ccccc1)c1ccc(C(C)C)cc1. The molecule has 2 atom stereocenters. The van der Waals surface area contributed by atoms with Gasteiger partial charge in [0.25, 0.3) is 0 Å². The highest BCUT2D eigenvalue weighted by atomic mass is 16.2. The first-order valence-electron chi connectivity index (χ1n) is 10.9. The number of rotatable bonds is 7. The minimum atomic E-state index is -0.526. The van der Waals surface area contributed by atoms with E-state index in [0.717, 1.165) is 17.5 Å². The van der Waals surface area contributed by atoms with E-state index < -0.39 is 6.04 Å². The largest absolute Gasteiger partial charge is 0.347 e. The van der Waals surface area contributed by atoms with Gasteiger partial charge in [-0.2, -0.15) is 0 Å². The van der Waals surface area contributed by atoms with Gasteiger partial charge in [0.15, 0.2) is 0 Å². The Morgan fingerprint density at radius 3 is 2.19 bits per heavy atom. The van der Waals surface area contributed by atoms with Crippen molar-refractivity contribution in [1.82, 2.24) is 15.5 Å². The van der Waals surface area contributed by atoms with Crippen LogP contribution in [0, 0.1) is 0 Å². The van der Waals surface area contributed by atoms with Gasteiger partial charge in [-0.05, 0) is 35.4 Å². The number of benzene rings is 2. The van der Waals surface area contributed by atoms with Crippen LogP contribution in [0.5, 0.6) is 0 Å². The van der Waals surface area contributed by atoms with E-state index in [2.05, 4.69) is 48.7 Å². The maximum Gasteiger partial charge on any atom is 0.243 e. The molecular formula is C25H31N3O3. The summed E-state index contributed by atoms with van der Waals surface area (Å²) in [6, 6.07) is 17.3. The summed E-state index contributed by atoms with van der Waals surface area (Å²) in [5, 5.41) is 5.70. The fraction of sp³-hybridized carbons (Fsp3) is 0.400. The Hall–Kier alpha value is -3.15. The normalized spacial score (nSPS) is 16.8. The van der Waals surface area contributed by atoms with Crippen LogP contribution >= 0.6 is 0 Å². The summed E-state index contributed by atoms with van der Waals surface area (Å²) < 4.78 is 0. The van der Waals surface area contributed by atoms with Crippen molar-refractivity contribution in [3.63, 3.8) is 0 Å². The fourth-order valence-corrected chi connectivity index (χ4v) is 3.96. The highest BCUT2D eigenvalue weighted by Crippen LogP contribution is 2.26. The van der Waals surface area contributed by atoms with Crippen molar-refractivity contribution in [2.24, 2.45) is 0 Å². The summed E-state index contributed by atoms with van der Waals surface area (Å²) in [6.45, 7) is 6.11. The van der Waals surface area contributed by atoms with Crippen molar-refractivity contribution >= 4 is 17.7 Å². The summed E-state index contributed by atoms with van der Waals surface area (Å²) in [5.74, 6) is -0.233. The number of likely N-dealkylation sites (tertiary alicyclic amines) is 1. The molecule has 0 radical (unpaired) electrons. The molecule has 1 saturated heterocycles. The molecule has 0 aromatic heterocycles. The second kappa shape index (κ2) is 10.2. The van der Waals surface area contributed by atoms with Gasteiger partial charge < -0.3 is 15.5 Å². The lowest BCUT2D eigenvalue weighted by Gasteiger charge is -2.27. The van der Waals surface area contributed by atoms with Gasteiger partial charge in [0.2, 0.25) is 17.7 Å². The second-order valence-corrected chi connectivity index (χ2v) is 8.33. The number of carbonyl (C=O) groups is 3. The molecule has 2 N–H and O–H groups in total. The Balaban J connectivity index is 1.79. The Kier molecular flexibility index (Phi) is 7.45. The van der Waals surface area contributed by atoms with Crippen LogP contribution in [0.15, 0.2) is 54.6 Å². The third kappa shape index (κ3) is 5.72. The molecule has 3 amide bonds. The van der Waals surface area contributed by atoms with Crippen molar-refractivity contribution in [2.45, 2.75) is 51.6 Å². The smallest absolute Gasteiger partial charge is 0.243 e. The minimum absolute atomic E-state index is 0.0854. The standard InChI is InChI=1S/C25H31N3O3/c1-17(2)19-11-13-21(14-12-19)24(20-8-5-4-6-9-20)27-25(31)22-10-7-15-28(22)23(30)16-26-18(3)29/h4-6,8-9,11-14,17,22,24H,7,10,15-16H2,1-3H3,(H,26,29)(H,27,31)/t22-,24-/m0/s1. The Morgan fingerprint density at radius 1 is 0.968 bits per heavy atom. The van der Waals surface area contributed by atoms with Crippen molar-refractivity contribution in [2.75, 3.05) is 13.1 Å². The van der Waals surface area contributed by atoms with E-state index in [1.165, 1.54) is 12.5 Å². The van der Waals surface area contributed by atoms with Gasteiger partial charge in [-0.25, -0.2) is 0 Å². The monoisotopic (exact) mass is 421 g/mol. The zero-order valence-electron chi connectivity index (χ0n) is 18.4. The highest BCUT2D eigenvalue weighted by molar-refractivity contribution is 5.90. The second-order valence-electron chi connectivity index (χ2n) is 8.33. The Labute approximate surface area is 184 Å². The molecule has 164 valence electrons. The predicted molar refractivity (Wildman–Crippen MR) is 120 cm³/mol. The third-order valence-electron chi connectivity index (χ3n) is 5.72. The van der Waals surface area contributed by atoms with Gasteiger partial charge in [0.1, 0.15) is 6.04 Å². The van der Waals surface area contributed by atoms with Crippen LogP contribution in [-0.4, -0.2) is 41.8 Å². The molecule has 2 aromatic carbocycles. The lowest BCUT2D eigenvalue weighted by Crippen LogP contribution is -2.49. The molecule has 6 nitrogen and oxygen atoms in total. The molecule has 0 unspecified atom stereocenters. The summed E-state index contributed by atoms with van der Waals surface area (Å²) in [6.07, 6.45) is 1.38. The molecule has 1 aliphatic heterocycles. The van der Waals surface area contributed by atoms with Gasteiger partial charge in [-0.15, -0.1) is 0 Å². The molecule has 2 aromatic rings. The number of nitrogens with zero attached hydrogens (tertiary/aromatic N) is 1. The average molecular weight is 422 g/mol. The van der Waals surface area contributed by atoms with E-state index in [4.69, 9.17) is 0 Å². The molecule has 6 heteroatoms. The fourth-order valence-electron chi connectivity index (χ4n) is 3.96. The van der Waals surface area contributed by atoms with Crippen LogP contribution in [0.1, 0.15) is 62.3 Å². The average Bonchev–Trinajstić information content (AvgIpc) is 3.26. The van der Waals surface area contributed by atoms with Crippen LogP contribution in [0.3, 0.4) is 0 Å². The van der Waals surface area contributed by atoms with Crippen LogP contribution in [0.2, 0.25) is 0 Å². The maximum atomic E-state index is 13.2. The summed E-state index contributed by atoms with van der Waals surface area (Å²) in [4.78, 5) is 38.5. The van der Waals surface area contributed by atoms with Gasteiger partial charge in [-0.1, -0.05) is 68.4 Å². The van der Waals surface area contributed by atoms with Crippen LogP contribution in [0.4, 0.5) is 0 Å². The van der Waals surface area contributed by atoms with Crippen molar-refractivity contribution in [3.8, 4) is 0 Å². The molecule has 0 bridgehead atoms. The molecule has 1 fully saturated rings. The van der Waals surface area contributed by atoms with Crippen LogP contribution < -0.4 is 10.6 Å². The van der Waals surface area contributed by atoms with Crippen molar-refractivity contribution < 1.29 is 14.4 Å².